The number of aliphatic carboxylic acids is 1. The highest BCUT2D eigenvalue weighted by atomic mass is 16.4. The Balaban J connectivity index is 2.92. The molecule has 19 heavy (non-hydrogen) atoms. The topological polar surface area (TPSA) is 49.3 Å². The third-order valence-electron chi connectivity index (χ3n) is 3.74. The zero-order chi connectivity index (χ0) is 14.8. The summed E-state index contributed by atoms with van der Waals surface area (Å²) in [4.78, 5) is 10.8. The summed E-state index contributed by atoms with van der Waals surface area (Å²) in [5.41, 5.74) is 5.91. The number of aryl methyl sites for hydroxylation is 2. The highest BCUT2D eigenvalue weighted by molar-refractivity contribution is 5.68. The minimum atomic E-state index is -0.749. The summed E-state index contributed by atoms with van der Waals surface area (Å²) in [5.74, 6) is -0.749. The highest BCUT2D eigenvalue weighted by Crippen LogP contribution is 2.28. The Hall–Kier alpha value is -1.51. The van der Waals surface area contributed by atoms with E-state index in [1.54, 1.807) is 0 Å². The zero-order valence-corrected chi connectivity index (χ0v) is 12.8. The van der Waals surface area contributed by atoms with E-state index in [1.807, 2.05) is 13.8 Å². The van der Waals surface area contributed by atoms with Crippen molar-refractivity contribution < 1.29 is 9.90 Å². The average Bonchev–Trinajstić information content (AvgIpc) is 2.24. The molecule has 0 fully saturated rings. The molecule has 0 amide bonds. The maximum absolute atomic E-state index is 10.8. The average molecular weight is 263 g/mol. The summed E-state index contributed by atoms with van der Waals surface area (Å²) in [6.07, 6.45) is 0.170. The molecule has 0 atom stereocenters. The van der Waals surface area contributed by atoms with Gasteiger partial charge in [0.05, 0.1) is 6.42 Å². The lowest BCUT2D eigenvalue weighted by Crippen LogP contribution is -2.26. The molecule has 1 aromatic rings. The van der Waals surface area contributed by atoms with Gasteiger partial charge in [-0.15, -0.1) is 0 Å². The maximum atomic E-state index is 10.8. The SMILES string of the molecule is Cc1cc(C)c(C)c(NCC(C)(C)CC(=O)O)c1C. The van der Waals surface area contributed by atoms with Crippen LogP contribution >= 0.6 is 0 Å². The molecule has 0 unspecified atom stereocenters. The van der Waals surface area contributed by atoms with Crippen molar-refractivity contribution in [1.29, 1.82) is 0 Å². The monoisotopic (exact) mass is 263 g/mol. The molecule has 2 N–H and O–H groups in total. The highest BCUT2D eigenvalue weighted by Gasteiger charge is 2.22. The van der Waals surface area contributed by atoms with Crippen molar-refractivity contribution in [1.82, 2.24) is 0 Å². The zero-order valence-electron chi connectivity index (χ0n) is 12.8. The fourth-order valence-corrected chi connectivity index (χ4v) is 2.28. The van der Waals surface area contributed by atoms with Crippen LogP contribution in [0.4, 0.5) is 5.69 Å². The Bertz CT molecular complexity index is 464. The quantitative estimate of drug-likeness (QED) is 0.848. The molecule has 0 aliphatic rings. The largest absolute Gasteiger partial charge is 0.481 e. The number of carbonyl (C=O) groups is 1. The predicted molar refractivity (Wildman–Crippen MR) is 79.9 cm³/mol. The van der Waals surface area contributed by atoms with Gasteiger partial charge in [0.2, 0.25) is 0 Å². The van der Waals surface area contributed by atoms with Crippen molar-refractivity contribution in [3.8, 4) is 0 Å². The first-order chi connectivity index (χ1) is 8.64. The van der Waals surface area contributed by atoms with Crippen LogP contribution in [0.2, 0.25) is 0 Å². The van der Waals surface area contributed by atoms with E-state index < -0.39 is 5.97 Å². The fourth-order valence-electron chi connectivity index (χ4n) is 2.28. The standard InChI is InChI=1S/C16H25NO2/c1-10-7-11(2)13(4)15(12(10)3)17-9-16(5,6)8-14(18)19/h7,17H,8-9H2,1-6H3,(H,18,19). The first-order valence-electron chi connectivity index (χ1n) is 6.67. The number of hydrogen-bond acceptors (Lipinski definition) is 2. The van der Waals surface area contributed by atoms with E-state index >= 15 is 0 Å². The van der Waals surface area contributed by atoms with Gasteiger partial charge in [0, 0.05) is 12.2 Å². The number of rotatable bonds is 5. The Morgan fingerprint density at radius 2 is 1.63 bits per heavy atom. The van der Waals surface area contributed by atoms with Gasteiger partial charge in [0.1, 0.15) is 0 Å². The van der Waals surface area contributed by atoms with Crippen LogP contribution < -0.4 is 5.32 Å². The van der Waals surface area contributed by atoms with E-state index in [1.165, 1.54) is 22.3 Å². The van der Waals surface area contributed by atoms with Gasteiger partial charge in [-0.05, 0) is 55.4 Å². The Labute approximate surface area is 116 Å². The number of anilines is 1. The molecule has 3 nitrogen and oxygen atoms in total. The second-order valence-corrected chi connectivity index (χ2v) is 6.22. The number of carboxylic acids is 1. The van der Waals surface area contributed by atoms with Gasteiger partial charge in [0.15, 0.2) is 0 Å². The summed E-state index contributed by atoms with van der Waals surface area (Å²) >= 11 is 0. The third-order valence-corrected chi connectivity index (χ3v) is 3.74. The lowest BCUT2D eigenvalue weighted by atomic mass is 9.88. The summed E-state index contributed by atoms with van der Waals surface area (Å²) in [6, 6.07) is 2.19. The summed E-state index contributed by atoms with van der Waals surface area (Å²) in [7, 11) is 0. The van der Waals surface area contributed by atoms with Gasteiger partial charge in [-0.1, -0.05) is 19.9 Å². The molecular formula is C16H25NO2. The first-order valence-corrected chi connectivity index (χ1v) is 6.67. The van der Waals surface area contributed by atoms with Crippen molar-refractivity contribution in [3.05, 3.63) is 28.3 Å². The molecule has 106 valence electrons. The second kappa shape index (κ2) is 5.64. The van der Waals surface area contributed by atoms with Crippen molar-refractivity contribution in [3.63, 3.8) is 0 Å². The summed E-state index contributed by atoms with van der Waals surface area (Å²) in [6.45, 7) is 13.0. The molecule has 0 saturated heterocycles. The minimum Gasteiger partial charge on any atom is -0.481 e. The van der Waals surface area contributed by atoms with E-state index in [2.05, 4.69) is 39.1 Å². The molecule has 0 aliphatic carbocycles. The molecule has 0 spiro atoms. The van der Waals surface area contributed by atoms with E-state index in [0.717, 1.165) is 5.69 Å². The summed E-state index contributed by atoms with van der Waals surface area (Å²) < 4.78 is 0. The smallest absolute Gasteiger partial charge is 0.303 e. The van der Waals surface area contributed by atoms with E-state index in [9.17, 15) is 4.79 Å². The number of nitrogens with one attached hydrogen (secondary N) is 1. The molecule has 0 saturated carbocycles. The maximum Gasteiger partial charge on any atom is 0.303 e. The fraction of sp³-hybridized carbons (Fsp3) is 0.562. The van der Waals surface area contributed by atoms with Crippen molar-refractivity contribution in [2.45, 2.75) is 48.0 Å². The van der Waals surface area contributed by atoms with E-state index in [4.69, 9.17) is 5.11 Å². The van der Waals surface area contributed by atoms with Crippen LogP contribution in [-0.2, 0) is 4.79 Å². The first kappa shape index (κ1) is 15.5. The predicted octanol–water partition coefficient (Wildman–Crippen LogP) is 3.83. The molecule has 0 aliphatic heterocycles. The Morgan fingerprint density at radius 1 is 1.16 bits per heavy atom. The van der Waals surface area contributed by atoms with Crippen LogP contribution in [0.3, 0.4) is 0 Å². The van der Waals surface area contributed by atoms with Gasteiger partial charge in [-0.25, -0.2) is 0 Å². The molecule has 1 rings (SSSR count). The molecule has 0 radical (unpaired) electrons. The lowest BCUT2D eigenvalue weighted by molar-refractivity contribution is -0.139. The van der Waals surface area contributed by atoms with Gasteiger partial charge in [0.25, 0.3) is 0 Å². The normalized spacial score (nSPS) is 11.5. The second-order valence-electron chi connectivity index (χ2n) is 6.22. The van der Waals surface area contributed by atoms with Gasteiger partial charge < -0.3 is 10.4 Å². The minimum absolute atomic E-state index is 0.170. The van der Waals surface area contributed by atoms with Gasteiger partial charge in [-0.3, -0.25) is 4.79 Å². The van der Waals surface area contributed by atoms with Crippen LogP contribution in [0.1, 0.15) is 42.5 Å². The van der Waals surface area contributed by atoms with Crippen LogP contribution in [0.25, 0.3) is 0 Å². The van der Waals surface area contributed by atoms with Crippen molar-refractivity contribution >= 4 is 11.7 Å². The molecule has 0 bridgehead atoms. The van der Waals surface area contributed by atoms with E-state index in [0.29, 0.717) is 6.54 Å². The molecule has 3 heteroatoms. The van der Waals surface area contributed by atoms with Crippen molar-refractivity contribution in [2.75, 3.05) is 11.9 Å². The molecule has 0 heterocycles. The summed E-state index contributed by atoms with van der Waals surface area (Å²) in [5, 5.41) is 12.4. The van der Waals surface area contributed by atoms with Crippen LogP contribution in [0.5, 0.6) is 0 Å². The number of carboxylic acid groups (broad SMARTS) is 1. The number of hydrogen-bond donors (Lipinski definition) is 2. The lowest BCUT2D eigenvalue weighted by Gasteiger charge is -2.26. The Morgan fingerprint density at radius 3 is 2.05 bits per heavy atom. The Kier molecular flexibility index (Phi) is 4.61. The van der Waals surface area contributed by atoms with Gasteiger partial charge >= 0.3 is 5.97 Å². The molecular weight excluding hydrogens is 238 g/mol. The van der Waals surface area contributed by atoms with Crippen LogP contribution in [0.15, 0.2) is 6.07 Å². The van der Waals surface area contributed by atoms with Gasteiger partial charge in [-0.2, -0.15) is 0 Å². The third kappa shape index (κ3) is 3.98. The van der Waals surface area contributed by atoms with E-state index in [-0.39, 0.29) is 11.8 Å². The van der Waals surface area contributed by atoms with Crippen LogP contribution in [-0.4, -0.2) is 17.6 Å². The van der Waals surface area contributed by atoms with Crippen molar-refractivity contribution in [2.24, 2.45) is 5.41 Å². The molecule has 0 aromatic heterocycles. The number of benzene rings is 1. The van der Waals surface area contributed by atoms with Crippen LogP contribution in [0, 0.1) is 33.1 Å². The molecule has 1 aromatic carbocycles.